The topological polar surface area (TPSA) is 88.0 Å². The Balaban J connectivity index is -0.0000000600. The van der Waals surface area contributed by atoms with Crippen LogP contribution in [0.4, 0.5) is 0 Å². The second kappa shape index (κ2) is 53.1. The molecule has 0 unspecified atom stereocenters. The minimum atomic E-state index is 0.230. The second-order valence-corrected chi connectivity index (χ2v) is 3.55. The van der Waals surface area contributed by atoms with Gasteiger partial charge < -0.3 is 10.2 Å². The molecule has 0 aliphatic carbocycles. The molecular formula is C4H8N2O2Sn. The summed E-state index contributed by atoms with van der Waals surface area (Å²) >= 11 is 0.230. The standard InChI is InChI=1S/2CHNO.2CH3.Sn/c2*2-1-3;;;/h2*3H;2*1H3;. The molecule has 50 valence electrons. The summed E-state index contributed by atoms with van der Waals surface area (Å²) in [7, 11) is 0. The predicted molar refractivity (Wildman–Crippen MR) is 32.6 cm³/mol. The third-order valence-electron chi connectivity index (χ3n) is 0. The molecule has 2 radical (unpaired) electrons. The maximum atomic E-state index is 6.88. The molecule has 0 rings (SSSR count). The molecule has 0 aromatic carbocycles. The first kappa shape index (κ1) is 15.8. The average Bonchev–Trinajstić information content (AvgIpc) is 1.70. The monoisotopic (exact) mass is 236 g/mol. The minimum absolute atomic E-state index is 0.230. The molecule has 0 spiro atoms. The van der Waals surface area contributed by atoms with Gasteiger partial charge in [-0.3, -0.25) is 0 Å². The maximum absolute atomic E-state index is 6.88. The van der Waals surface area contributed by atoms with Crippen LogP contribution in [-0.2, 0) is 0 Å². The van der Waals surface area contributed by atoms with Crippen LogP contribution in [0.25, 0.3) is 0 Å². The Hall–Kier alpha value is -0.621. The van der Waals surface area contributed by atoms with E-state index in [1.165, 1.54) is 0 Å². The van der Waals surface area contributed by atoms with Crippen molar-refractivity contribution < 1.29 is 10.2 Å². The molecule has 0 heterocycles. The number of hydrogen-bond donors (Lipinski definition) is 2. The van der Waals surface area contributed by atoms with Crippen molar-refractivity contribution in [1.82, 2.24) is 0 Å². The van der Waals surface area contributed by atoms with Crippen molar-refractivity contribution in [2.24, 2.45) is 0 Å². The summed E-state index contributed by atoms with van der Waals surface area (Å²) in [6.07, 6.45) is 1.50. The van der Waals surface area contributed by atoms with E-state index >= 15 is 0 Å². The van der Waals surface area contributed by atoms with Gasteiger partial charge in [-0.15, -0.1) is 0 Å². The summed E-state index contributed by atoms with van der Waals surface area (Å²) in [5.41, 5.74) is 0. The molecule has 0 aromatic rings. The van der Waals surface area contributed by atoms with Crippen LogP contribution in [0.2, 0.25) is 9.88 Å². The molecule has 2 N–H and O–H groups in total. The van der Waals surface area contributed by atoms with E-state index in [9.17, 15) is 0 Å². The summed E-state index contributed by atoms with van der Waals surface area (Å²) in [6.45, 7) is 0. The van der Waals surface area contributed by atoms with Crippen molar-refractivity contribution in [2.45, 2.75) is 9.88 Å². The van der Waals surface area contributed by atoms with Crippen molar-refractivity contribution >= 4 is 21.1 Å². The van der Waals surface area contributed by atoms with Crippen molar-refractivity contribution in [3.63, 3.8) is 0 Å². The number of rotatable bonds is 0. The average molecular weight is 235 g/mol. The molecule has 0 aliphatic heterocycles. The van der Waals surface area contributed by atoms with Crippen LogP contribution < -0.4 is 0 Å². The van der Waals surface area contributed by atoms with Gasteiger partial charge in [-0.2, -0.15) is 10.5 Å². The Morgan fingerprint density at radius 3 is 1.11 bits per heavy atom. The fourth-order valence-electron chi connectivity index (χ4n) is 0. The van der Waals surface area contributed by atoms with E-state index in [1.807, 2.05) is 0 Å². The Kier molecular flexibility index (Phi) is 93.0. The van der Waals surface area contributed by atoms with Gasteiger partial charge >= 0.3 is 31.0 Å². The van der Waals surface area contributed by atoms with Crippen LogP contribution in [0, 0.1) is 23.0 Å². The van der Waals surface area contributed by atoms with Crippen LogP contribution in [0.15, 0.2) is 0 Å². The Morgan fingerprint density at radius 2 is 1.11 bits per heavy atom. The van der Waals surface area contributed by atoms with Crippen molar-refractivity contribution in [3.8, 4) is 12.5 Å². The van der Waals surface area contributed by atoms with Crippen LogP contribution in [0.5, 0.6) is 0 Å². The second-order valence-electron chi connectivity index (χ2n) is 0.700. The SMILES string of the molecule is N#CO.N#CO.[CH3][Sn][CH3]. The number of hydrogen-bond acceptors (Lipinski definition) is 4. The number of aliphatic hydroxyl groups excluding tert-OH is 2. The first-order chi connectivity index (χ1) is 4.24. The van der Waals surface area contributed by atoms with Gasteiger partial charge in [-0.05, 0) is 0 Å². The number of nitriles is 2. The Morgan fingerprint density at radius 1 is 1.11 bits per heavy atom. The van der Waals surface area contributed by atoms with Crippen LogP contribution in [0.1, 0.15) is 0 Å². The van der Waals surface area contributed by atoms with E-state index in [0.29, 0.717) is 0 Å². The number of aliphatic hydroxyl groups is 2. The normalized spacial score (nSPS) is 3.56. The van der Waals surface area contributed by atoms with Gasteiger partial charge in [-0.1, -0.05) is 0 Å². The van der Waals surface area contributed by atoms with Crippen molar-refractivity contribution in [2.75, 3.05) is 0 Å². The van der Waals surface area contributed by atoms with Gasteiger partial charge in [0.1, 0.15) is 0 Å². The summed E-state index contributed by atoms with van der Waals surface area (Å²) in [4.78, 5) is 4.59. The molecule has 0 fully saturated rings. The zero-order chi connectivity index (χ0) is 8.12. The summed E-state index contributed by atoms with van der Waals surface area (Å²) in [5, 5.41) is 27.5. The molecule has 0 atom stereocenters. The first-order valence-corrected chi connectivity index (χ1v) is 7.60. The summed E-state index contributed by atoms with van der Waals surface area (Å²) in [6, 6.07) is 0. The van der Waals surface area contributed by atoms with Crippen LogP contribution in [0.3, 0.4) is 0 Å². The van der Waals surface area contributed by atoms with E-state index in [0.717, 1.165) is 12.5 Å². The molecular weight excluding hydrogens is 227 g/mol. The van der Waals surface area contributed by atoms with E-state index in [2.05, 4.69) is 9.88 Å². The van der Waals surface area contributed by atoms with Gasteiger partial charge in [0.05, 0.1) is 0 Å². The summed E-state index contributed by atoms with van der Waals surface area (Å²) < 4.78 is 0. The first-order valence-electron chi connectivity index (χ1n) is 1.89. The zero-order valence-corrected chi connectivity index (χ0v) is 8.14. The zero-order valence-electron chi connectivity index (χ0n) is 5.29. The van der Waals surface area contributed by atoms with Crippen molar-refractivity contribution in [1.29, 1.82) is 10.5 Å². The Labute approximate surface area is 64.6 Å². The molecule has 0 saturated heterocycles. The van der Waals surface area contributed by atoms with Gasteiger partial charge in [-0.25, -0.2) is 0 Å². The predicted octanol–water partition coefficient (Wildman–Crippen LogP) is 0.467. The van der Waals surface area contributed by atoms with Gasteiger partial charge in [0, 0.05) is 0 Å². The van der Waals surface area contributed by atoms with E-state index in [-0.39, 0.29) is 21.1 Å². The summed E-state index contributed by atoms with van der Waals surface area (Å²) in [5.74, 6) is 0. The third kappa shape index (κ3) is 553. The molecule has 0 aromatic heterocycles. The molecule has 0 amide bonds. The fourth-order valence-corrected chi connectivity index (χ4v) is 0. The van der Waals surface area contributed by atoms with E-state index in [1.54, 1.807) is 0 Å². The van der Waals surface area contributed by atoms with Gasteiger partial charge in [0.2, 0.25) is 0 Å². The number of nitrogens with zero attached hydrogens (tertiary/aromatic N) is 2. The molecule has 0 saturated carbocycles. The van der Waals surface area contributed by atoms with Gasteiger partial charge in [0.15, 0.2) is 0 Å². The van der Waals surface area contributed by atoms with E-state index in [4.69, 9.17) is 20.7 Å². The molecule has 0 bridgehead atoms. The molecule has 0 aliphatic rings. The molecule has 5 heteroatoms. The van der Waals surface area contributed by atoms with Crippen LogP contribution in [-0.4, -0.2) is 31.4 Å². The molecule has 9 heavy (non-hydrogen) atoms. The van der Waals surface area contributed by atoms with Gasteiger partial charge in [0.25, 0.3) is 12.5 Å². The third-order valence-corrected chi connectivity index (χ3v) is 0. The Bertz CT molecular complexity index is 81.7. The van der Waals surface area contributed by atoms with Crippen LogP contribution >= 0.6 is 0 Å². The van der Waals surface area contributed by atoms with E-state index < -0.39 is 0 Å². The quantitative estimate of drug-likeness (QED) is 0.471. The molecule has 4 nitrogen and oxygen atoms in total. The van der Waals surface area contributed by atoms with Crippen molar-refractivity contribution in [3.05, 3.63) is 0 Å². The fraction of sp³-hybridized carbons (Fsp3) is 0.500.